The summed E-state index contributed by atoms with van der Waals surface area (Å²) in [5.41, 5.74) is 0.906. The molecule has 1 fully saturated rings. The third-order valence-electron chi connectivity index (χ3n) is 2.71. The Hall–Kier alpha value is -0.490. The summed E-state index contributed by atoms with van der Waals surface area (Å²) in [7, 11) is 1.41. The van der Waals surface area contributed by atoms with Crippen LogP contribution in [0.25, 0.3) is 0 Å². The Morgan fingerprint density at radius 2 is 2.38 bits per heavy atom. The molecule has 16 heavy (non-hydrogen) atoms. The predicted octanol–water partition coefficient (Wildman–Crippen LogP) is 2.70. The number of ether oxygens (including phenoxy) is 1. The first kappa shape index (κ1) is 12.0. The van der Waals surface area contributed by atoms with Gasteiger partial charge in [0, 0.05) is 10.1 Å². The van der Waals surface area contributed by atoms with Gasteiger partial charge in [-0.2, -0.15) is 0 Å². The van der Waals surface area contributed by atoms with Crippen LogP contribution in [0, 0.1) is 3.57 Å². The summed E-state index contributed by atoms with van der Waals surface area (Å²) in [6.07, 6.45) is 0.828. The summed E-state index contributed by atoms with van der Waals surface area (Å²) in [6.45, 7) is 0.847. The molecule has 1 atom stereocenters. The lowest BCUT2D eigenvalue weighted by Crippen LogP contribution is -2.53. The third kappa shape index (κ3) is 2.13. The zero-order valence-corrected chi connectivity index (χ0v) is 11.7. The van der Waals surface area contributed by atoms with Gasteiger partial charge in [0.1, 0.15) is 6.04 Å². The van der Waals surface area contributed by atoms with Crippen molar-refractivity contribution in [3.8, 4) is 0 Å². The largest absolute Gasteiger partial charge is 0.467 e. The molecular formula is C11H11ClINO2. The van der Waals surface area contributed by atoms with Crippen molar-refractivity contribution < 1.29 is 9.53 Å². The van der Waals surface area contributed by atoms with E-state index in [1.54, 1.807) is 0 Å². The fourth-order valence-corrected chi connectivity index (χ4v) is 2.74. The zero-order valence-electron chi connectivity index (χ0n) is 8.74. The summed E-state index contributed by atoms with van der Waals surface area (Å²) < 4.78 is 5.83. The Balaban J connectivity index is 2.22. The van der Waals surface area contributed by atoms with E-state index in [9.17, 15) is 4.79 Å². The molecule has 1 aromatic rings. The van der Waals surface area contributed by atoms with E-state index in [2.05, 4.69) is 22.6 Å². The van der Waals surface area contributed by atoms with Crippen molar-refractivity contribution in [3.05, 3.63) is 26.8 Å². The van der Waals surface area contributed by atoms with Crippen LogP contribution in [0.2, 0.25) is 5.02 Å². The number of esters is 1. The Bertz CT molecular complexity index is 424. The molecule has 0 aliphatic carbocycles. The maximum atomic E-state index is 11.4. The lowest BCUT2D eigenvalue weighted by molar-refractivity contribution is -0.143. The van der Waals surface area contributed by atoms with Gasteiger partial charge in [-0.25, -0.2) is 4.79 Å². The van der Waals surface area contributed by atoms with Crippen molar-refractivity contribution in [1.82, 2.24) is 0 Å². The Labute approximate surface area is 113 Å². The molecule has 0 bridgehead atoms. The minimum atomic E-state index is -0.194. The summed E-state index contributed by atoms with van der Waals surface area (Å²) in [5.74, 6) is -0.194. The van der Waals surface area contributed by atoms with Gasteiger partial charge in [-0.3, -0.25) is 0 Å². The summed E-state index contributed by atoms with van der Waals surface area (Å²) in [6, 6.07) is 5.64. The SMILES string of the molecule is COC(=O)C1CCN1c1ccc(I)cc1Cl. The molecule has 3 nitrogen and oxygen atoms in total. The maximum absolute atomic E-state index is 11.4. The molecule has 0 spiro atoms. The van der Waals surface area contributed by atoms with Crippen molar-refractivity contribution in [2.45, 2.75) is 12.5 Å². The molecule has 2 rings (SSSR count). The predicted molar refractivity (Wildman–Crippen MR) is 71.9 cm³/mol. The first-order valence-electron chi connectivity index (χ1n) is 4.93. The van der Waals surface area contributed by atoms with Crippen molar-refractivity contribution in [2.75, 3.05) is 18.6 Å². The van der Waals surface area contributed by atoms with Gasteiger partial charge in [0.15, 0.2) is 0 Å². The molecule has 1 saturated heterocycles. The number of carbonyl (C=O) groups excluding carboxylic acids is 1. The minimum absolute atomic E-state index is 0.178. The molecule has 0 aromatic heterocycles. The van der Waals surface area contributed by atoms with Crippen LogP contribution in [0.15, 0.2) is 18.2 Å². The van der Waals surface area contributed by atoms with E-state index in [4.69, 9.17) is 16.3 Å². The molecular weight excluding hydrogens is 340 g/mol. The maximum Gasteiger partial charge on any atom is 0.328 e. The van der Waals surface area contributed by atoms with Gasteiger partial charge in [-0.15, -0.1) is 0 Å². The van der Waals surface area contributed by atoms with Gasteiger partial charge >= 0.3 is 5.97 Å². The lowest BCUT2D eigenvalue weighted by Gasteiger charge is -2.41. The van der Waals surface area contributed by atoms with Gasteiger partial charge in [0.05, 0.1) is 17.8 Å². The molecule has 1 heterocycles. The summed E-state index contributed by atoms with van der Waals surface area (Å²) in [4.78, 5) is 13.4. The topological polar surface area (TPSA) is 29.5 Å². The number of hydrogen-bond acceptors (Lipinski definition) is 3. The Kier molecular flexibility index (Phi) is 3.59. The van der Waals surface area contributed by atoms with E-state index in [-0.39, 0.29) is 12.0 Å². The van der Waals surface area contributed by atoms with Crippen molar-refractivity contribution >= 4 is 45.8 Å². The van der Waals surface area contributed by atoms with Crippen LogP contribution in [0.5, 0.6) is 0 Å². The number of nitrogens with zero attached hydrogens (tertiary/aromatic N) is 1. The van der Waals surface area contributed by atoms with Crippen LogP contribution in [0.4, 0.5) is 5.69 Å². The molecule has 0 saturated carbocycles. The smallest absolute Gasteiger partial charge is 0.328 e. The van der Waals surface area contributed by atoms with Gasteiger partial charge in [0.25, 0.3) is 0 Å². The number of methoxy groups -OCH3 is 1. The number of rotatable bonds is 2. The second kappa shape index (κ2) is 4.79. The monoisotopic (exact) mass is 351 g/mol. The molecule has 1 aromatic carbocycles. The lowest BCUT2D eigenvalue weighted by atomic mass is 10.0. The average Bonchev–Trinajstić information content (AvgIpc) is 2.20. The minimum Gasteiger partial charge on any atom is -0.467 e. The van der Waals surface area contributed by atoms with Gasteiger partial charge < -0.3 is 9.64 Å². The van der Waals surface area contributed by atoms with E-state index >= 15 is 0 Å². The van der Waals surface area contributed by atoms with Crippen LogP contribution in [0.1, 0.15) is 6.42 Å². The van der Waals surface area contributed by atoms with Gasteiger partial charge in [-0.05, 0) is 47.2 Å². The van der Waals surface area contributed by atoms with Crippen LogP contribution in [-0.4, -0.2) is 25.7 Å². The van der Waals surface area contributed by atoms with Crippen LogP contribution < -0.4 is 4.90 Å². The fourth-order valence-electron chi connectivity index (χ4n) is 1.77. The fraction of sp³-hybridized carbons (Fsp3) is 0.364. The molecule has 1 aliphatic rings. The first-order valence-corrected chi connectivity index (χ1v) is 6.38. The van der Waals surface area contributed by atoms with Crippen LogP contribution in [0.3, 0.4) is 0 Å². The number of halogens is 2. The van der Waals surface area contributed by atoms with Crippen molar-refractivity contribution in [1.29, 1.82) is 0 Å². The van der Waals surface area contributed by atoms with E-state index in [0.29, 0.717) is 5.02 Å². The second-order valence-corrected chi connectivity index (χ2v) is 5.27. The van der Waals surface area contributed by atoms with E-state index in [1.165, 1.54) is 7.11 Å². The number of benzene rings is 1. The highest BCUT2D eigenvalue weighted by Crippen LogP contribution is 2.34. The third-order valence-corrected chi connectivity index (χ3v) is 3.69. The zero-order chi connectivity index (χ0) is 11.7. The Morgan fingerprint density at radius 1 is 1.62 bits per heavy atom. The van der Waals surface area contributed by atoms with Crippen molar-refractivity contribution in [3.63, 3.8) is 0 Å². The van der Waals surface area contributed by atoms with Gasteiger partial charge in [-0.1, -0.05) is 11.6 Å². The summed E-state index contributed by atoms with van der Waals surface area (Å²) in [5, 5.41) is 0.681. The normalized spacial score (nSPS) is 19.2. The Morgan fingerprint density at radius 3 is 2.88 bits per heavy atom. The van der Waals surface area contributed by atoms with E-state index in [1.807, 2.05) is 23.1 Å². The average molecular weight is 352 g/mol. The molecule has 5 heteroatoms. The van der Waals surface area contributed by atoms with E-state index in [0.717, 1.165) is 22.2 Å². The number of anilines is 1. The highest BCUT2D eigenvalue weighted by Gasteiger charge is 2.35. The standard InChI is InChI=1S/C11H11ClINO2/c1-16-11(15)10-4-5-14(10)9-3-2-7(13)6-8(9)12/h2-3,6,10H,4-5H2,1H3. The first-order chi connectivity index (χ1) is 7.63. The molecule has 0 radical (unpaired) electrons. The molecule has 0 amide bonds. The molecule has 0 N–H and O–H groups in total. The highest BCUT2D eigenvalue weighted by molar-refractivity contribution is 14.1. The quantitative estimate of drug-likeness (QED) is 0.606. The molecule has 86 valence electrons. The molecule has 1 unspecified atom stereocenters. The van der Waals surface area contributed by atoms with Gasteiger partial charge in [0.2, 0.25) is 0 Å². The highest BCUT2D eigenvalue weighted by atomic mass is 127. The van der Waals surface area contributed by atoms with E-state index < -0.39 is 0 Å². The van der Waals surface area contributed by atoms with Crippen molar-refractivity contribution in [2.24, 2.45) is 0 Å². The number of carbonyl (C=O) groups is 1. The van der Waals surface area contributed by atoms with Crippen LogP contribution in [-0.2, 0) is 9.53 Å². The summed E-state index contributed by atoms with van der Waals surface area (Å²) >= 11 is 8.36. The molecule has 1 aliphatic heterocycles. The second-order valence-electron chi connectivity index (χ2n) is 3.62. The van der Waals surface area contributed by atoms with Crippen LogP contribution >= 0.6 is 34.2 Å². The number of hydrogen-bond donors (Lipinski definition) is 0.